The summed E-state index contributed by atoms with van der Waals surface area (Å²) in [5.41, 5.74) is 7.42. The number of anilines is 1. The fraction of sp³-hybridized carbons (Fsp3) is 0.429. The molecule has 0 aromatic carbocycles. The molecule has 2 N–H and O–H groups in total. The standard InChI is InChI=1S/C14H20N4O/c1-9(2)12-7-8-18(17-12)13-6-5-11(15)14(16-13)19-10(3)4/h5-10H,15H2,1-4H3. The minimum Gasteiger partial charge on any atom is -0.473 e. The van der Waals surface area contributed by atoms with Gasteiger partial charge in [-0.3, -0.25) is 0 Å². The second kappa shape index (κ2) is 5.30. The van der Waals surface area contributed by atoms with Crippen molar-refractivity contribution in [3.05, 3.63) is 30.1 Å². The van der Waals surface area contributed by atoms with Gasteiger partial charge in [-0.15, -0.1) is 0 Å². The SMILES string of the molecule is CC(C)Oc1nc(-n2ccc(C(C)C)n2)ccc1N. The molecule has 0 saturated heterocycles. The average Bonchev–Trinajstić information content (AvgIpc) is 2.81. The minimum atomic E-state index is 0.0360. The highest BCUT2D eigenvalue weighted by Gasteiger charge is 2.10. The van der Waals surface area contributed by atoms with Crippen LogP contribution in [0.2, 0.25) is 0 Å². The minimum absolute atomic E-state index is 0.0360. The quantitative estimate of drug-likeness (QED) is 0.918. The van der Waals surface area contributed by atoms with Gasteiger partial charge in [-0.2, -0.15) is 10.1 Å². The van der Waals surface area contributed by atoms with Gasteiger partial charge in [0.2, 0.25) is 5.88 Å². The van der Waals surface area contributed by atoms with Gasteiger partial charge in [-0.05, 0) is 38.0 Å². The Morgan fingerprint density at radius 1 is 1.16 bits per heavy atom. The van der Waals surface area contributed by atoms with Crippen molar-refractivity contribution in [1.29, 1.82) is 0 Å². The maximum absolute atomic E-state index is 5.85. The Morgan fingerprint density at radius 3 is 2.47 bits per heavy atom. The third-order valence-electron chi connectivity index (χ3n) is 2.66. The van der Waals surface area contributed by atoms with E-state index < -0.39 is 0 Å². The predicted octanol–water partition coefficient (Wildman–Crippen LogP) is 2.76. The van der Waals surface area contributed by atoms with E-state index in [2.05, 4.69) is 23.9 Å². The highest BCUT2D eigenvalue weighted by molar-refractivity contribution is 5.50. The zero-order chi connectivity index (χ0) is 14.0. The third-order valence-corrected chi connectivity index (χ3v) is 2.66. The number of rotatable bonds is 4. The second-order valence-electron chi connectivity index (χ2n) is 5.07. The topological polar surface area (TPSA) is 66.0 Å². The van der Waals surface area contributed by atoms with Crippen LogP contribution in [-0.2, 0) is 0 Å². The molecule has 5 heteroatoms. The van der Waals surface area contributed by atoms with E-state index in [-0.39, 0.29) is 6.10 Å². The number of nitrogen functional groups attached to an aromatic ring is 1. The number of hydrogen-bond acceptors (Lipinski definition) is 4. The molecular formula is C14H20N4O. The monoisotopic (exact) mass is 260 g/mol. The Kier molecular flexibility index (Phi) is 3.74. The molecule has 0 unspecified atom stereocenters. The summed E-state index contributed by atoms with van der Waals surface area (Å²) in [6, 6.07) is 5.61. The number of aromatic nitrogens is 3. The van der Waals surface area contributed by atoms with E-state index in [1.54, 1.807) is 10.7 Å². The molecule has 2 rings (SSSR count). The number of nitrogens with zero attached hydrogens (tertiary/aromatic N) is 3. The van der Waals surface area contributed by atoms with E-state index in [1.807, 2.05) is 32.2 Å². The van der Waals surface area contributed by atoms with E-state index in [0.717, 1.165) is 5.69 Å². The summed E-state index contributed by atoms with van der Waals surface area (Å²) < 4.78 is 7.32. The van der Waals surface area contributed by atoms with Crippen LogP contribution in [0.25, 0.3) is 5.82 Å². The zero-order valence-corrected chi connectivity index (χ0v) is 11.8. The molecule has 2 aromatic rings. The van der Waals surface area contributed by atoms with Crippen LogP contribution in [0.3, 0.4) is 0 Å². The van der Waals surface area contributed by atoms with E-state index in [1.165, 1.54) is 0 Å². The first-order valence-corrected chi connectivity index (χ1v) is 6.46. The van der Waals surface area contributed by atoms with Gasteiger partial charge in [0, 0.05) is 6.20 Å². The van der Waals surface area contributed by atoms with Gasteiger partial charge in [-0.1, -0.05) is 13.8 Å². The van der Waals surface area contributed by atoms with Gasteiger partial charge in [0.15, 0.2) is 5.82 Å². The molecular weight excluding hydrogens is 240 g/mol. The first-order valence-electron chi connectivity index (χ1n) is 6.46. The molecule has 0 amide bonds. The van der Waals surface area contributed by atoms with Crippen molar-refractivity contribution >= 4 is 5.69 Å². The molecule has 102 valence electrons. The van der Waals surface area contributed by atoms with Gasteiger partial charge in [0.1, 0.15) is 0 Å². The van der Waals surface area contributed by atoms with Gasteiger partial charge in [0.05, 0.1) is 17.5 Å². The number of nitrogens with two attached hydrogens (primary N) is 1. The lowest BCUT2D eigenvalue weighted by Crippen LogP contribution is -2.10. The summed E-state index contributed by atoms with van der Waals surface area (Å²) in [7, 11) is 0. The van der Waals surface area contributed by atoms with Gasteiger partial charge in [-0.25, -0.2) is 4.68 Å². The van der Waals surface area contributed by atoms with Crippen molar-refractivity contribution in [1.82, 2.24) is 14.8 Å². The number of ether oxygens (including phenoxy) is 1. The molecule has 0 saturated carbocycles. The molecule has 2 heterocycles. The Hall–Kier alpha value is -2.04. The molecule has 2 aromatic heterocycles. The van der Waals surface area contributed by atoms with Gasteiger partial charge in [0.25, 0.3) is 0 Å². The highest BCUT2D eigenvalue weighted by atomic mass is 16.5. The highest BCUT2D eigenvalue weighted by Crippen LogP contribution is 2.22. The van der Waals surface area contributed by atoms with Crippen molar-refractivity contribution in [2.75, 3.05) is 5.73 Å². The second-order valence-corrected chi connectivity index (χ2v) is 5.07. The maximum Gasteiger partial charge on any atom is 0.239 e. The molecule has 0 aliphatic heterocycles. The van der Waals surface area contributed by atoms with Crippen LogP contribution in [0, 0.1) is 0 Å². The van der Waals surface area contributed by atoms with Crippen LogP contribution in [0.5, 0.6) is 5.88 Å². The molecule has 0 fully saturated rings. The molecule has 0 atom stereocenters. The average molecular weight is 260 g/mol. The first-order chi connectivity index (χ1) is 8.97. The molecule has 19 heavy (non-hydrogen) atoms. The zero-order valence-electron chi connectivity index (χ0n) is 11.8. The fourth-order valence-electron chi connectivity index (χ4n) is 1.66. The third kappa shape index (κ3) is 3.05. The summed E-state index contributed by atoms with van der Waals surface area (Å²) in [5, 5.41) is 4.49. The van der Waals surface area contributed by atoms with Crippen molar-refractivity contribution in [3.63, 3.8) is 0 Å². The number of pyridine rings is 1. The summed E-state index contributed by atoms with van der Waals surface area (Å²) in [6.45, 7) is 8.10. The van der Waals surface area contributed by atoms with Crippen LogP contribution in [0.1, 0.15) is 39.3 Å². The lowest BCUT2D eigenvalue weighted by molar-refractivity contribution is 0.234. The molecule has 0 bridgehead atoms. The maximum atomic E-state index is 5.85. The Bertz CT molecular complexity index is 560. The van der Waals surface area contributed by atoms with Crippen molar-refractivity contribution in [3.8, 4) is 11.7 Å². The van der Waals surface area contributed by atoms with Crippen LogP contribution in [-0.4, -0.2) is 20.9 Å². The van der Waals surface area contributed by atoms with Crippen molar-refractivity contribution in [2.24, 2.45) is 0 Å². The van der Waals surface area contributed by atoms with Crippen LogP contribution < -0.4 is 10.5 Å². The predicted molar refractivity (Wildman–Crippen MR) is 75.6 cm³/mol. The summed E-state index contributed by atoms with van der Waals surface area (Å²) in [4.78, 5) is 4.41. The number of hydrogen-bond donors (Lipinski definition) is 1. The van der Waals surface area contributed by atoms with E-state index in [9.17, 15) is 0 Å². The fourth-order valence-corrected chi connectivity index (χ4v) is 1.66. The van der Waals surface area contributed by atoms with Crippen LogP contribution >= 0.6 is 0 Å². The van der Waals surface area contributed by atoms with Crippen LogP contribution in [0.4, 0.5) is 5.69 Å². The lowest BCUT2D eigenvalue weighted by Gasteiger charge is -2.12. The Morgan fingerprint density at radius 2 is 1.89 bits per heavy atom. The molecule has 0 radical (unpaired) electrons. The lowest BCUT2D eigenvalue weighted by atomic mass is 10.1. The Labute approximate surface area is 113 Å². The van der Waals surface area contributed by atoms with Gasteiger partial charge >= 0.3 is 0 Å². The summed E-state index contributed by atoms with van der Waals surface area (Å²) >= 11 is 0. The molecule has 5 nitrogen and oxygen atoms in total. The first kappa shape index (κ1) is 13.4. The molecule has 0 spiro atoms. The van der Waals surface area contributed by atoms with E-state index in [0.29, 0.717) is 23.3 Å². The van der Waals surface area contributed by atoms with Crippen molar-refractivity contribution in [2.45, 2.75) is 39.7 Å². The van der Waals surface area contributed by atoms with Crippen molar-refractivity contribution < 1.29 is 4.74 Å². The molecule has 0 aliphatic carbocycles. The van der Waals surface area contributed by atoms with E-state index in [4.69, 9.17) is 10.5 Å². The van der Waals surface area contributed by atoms with E-state index >= 15 is 0 Å². The summed E-state index contributed by atoms with van der Waals surface area (Å²) in [6.07, 6.45) is 1.93. The smallest absolute Gasteiger partial charge is 0.239 e. The van der Waals surface area contributed by atoms with Crippen LogP contribution in [0.15, 0.2) is 24.4 Å². The largest absolute Gasteiger partial charge is 0.473 e. The summed E-state index contributed by atoms with van der Waals surface area (Å²) in [5.74, 6) is 1.55. The van der Waals surface area contributed by atoms with Gasteiger partial charge < -0.3 is 10.5 Å². The normalized spacial score (nSPS) is 11.3. The Balaban J connectivity index is 2.33. The molecule has 0 aliphatic rings.